The second-order valence-corrected chi connectivity index (χ2v) is 6.89. The number of ether oxygens (including phenoxy) is 3. The van der Waals surface area contributed by atoms with Gasteiger partial charge in [0, 0.05) is 22.5 Å². The van der Waals surface area contributed by atoms with E-state index < -0.39 is 0 Å². The molecule has 3 aromatic rings. The van der Waals surface area contributed by atoms with Gasteiger partial charge in [-0.2, -0.15) is 0 Å². The number of methoxy groups -OCH3 is 3. The van der Waals surface area contributed by atoms with E-state index >= 15 is 0 Å². The summed E-state index contributed by atoms with van der Waals surface area (Å²) in [6.45, 7) is 3.81. The number of rotatable bonds is 6. The highest BCUT2D eigenvalue weighted by Gasteiger charge is 2.20. The lowest BCUT2D eigenvalue weighted by Gasteiger charge is -2.15. The van der Waals surface area contributed by atoms with E-state index in [2.05, 4.69) is 5.32 Å². The molecular formula is C22H23ClN2O4. The van der Waals surface area contributed by atoms with Gasteiger partial charge < -0.3 is 24.1 Å². The van der Waals surface area contributed by atoms with Crippen molar-refractivity contribution in [1.29, 1.82) is 0 Å². The van der Waals surface area contributed by atoms with Crippen LogP contribution in [0.1, 0.15) is 21.7 Å². The predicted molar refractivity (Wildman–Crippen MR) is 114 cm³/mol. The van der Waals surface area contributed by atoms with Crippen molar-refractivity contribution in [3.8, 4) is 22.9 Å². The summed E-state index contributed by atoms with van der Waals surface area (Å²) >= 11 is 6.19. The molecule has 0 atom stereocenters. The lowest BCUT2D eigenvalue weighted by molar-refractivity contribution is 0.102. The van der Waals surface area contributed by atoms with Crippen LogP contribution < -0.4 is 19.5 Å². The fourth-order valence-electron chi connectivity index (χ4n) is 3.30. The largest absolute Gasteiger partial charge is 0.497 e. The maximum absolute atomic E-state index is 13.0. The Balaban J connectivity index is 2.01. The fraction of sp³-hybridized carbons (Fsp3) is 0.227. The summed E-state index contributed by atoms with van der Waals surface area (Å²) in [5, 5.41) is 3.49. The molecule has 1 N–H and O–H groups in total. The van der Waals surface area contributed by atoms with Crippen molar-refractivity contribution in [3.05, 3.63) is 64.4 Å². The molecule has 0 bridgehead atoms. The monoisotopic (exact) mass is 414 g/mol. The van der Waals surface area contributed by atoms with E-state index in [4.69, 9.17) is 25.8 Å². The highest BCUT2D eigenvalue weighted by molar-refractivity contribution is 6.30. The van der Waals surface area contributed by atoms with Crippen molar-refractivity contribution in [1.82, 2.24) is 4.57 Å². The number of carbonyl (C=O) groups is 1. The van der Waals surface area contributed by atoms with Crippen LogP contribution >= 0.6 is 11.6 Å². The van der Waals surface area contributed by atoms with Crippen molar-refractivity contribution in [3.63, 3.8) is 0 Å². The summed E-state index contributed by atoms with van der Waals surface area (Å²) < 4.78 is 18.0. The second kappa shape index (κ2) is 8.49. The SMILES string of the molecule is COc1ccc(OC)c(NC(=O)c2cc(C)n(-c3cc(Cl)ccc3OC)c2C)c1. The molecule has 0 aliphatic rings. The Labute approximate surface area is 175 Å². The number of halogens is 1. The lowest BCUT2D eigenvalue weighted by Crippen LogP contribution is -2.14. The minimum atomic E-state index is -0.253. The number of nitrogens with zero attached hydrogens (tertiary/aromatic N) is 1. The van der Waals surface area contributed by atoms with Crippen molar-refractivity contribution in [2.24, 2.45) is 0 Å². The first-order chi connectivity index (χ1) is 13.9. The predicted octanol–water partition coefficient (Wildman–Crippen LogP) is 5.03. The van der Waals surface area contributed by atoms with Crippen molar-refractivity contribution >= 4 is 23.2 Å². The van der Waals surface area contributed by atoms with Crippen LogP contribution in [0.15, 0.2) is 42.5 Å². The Bertz CT molecular complexity index is 1060. The summed E-state index contributed by atoms with van der Waals surface area (Å²) in [5.74, 6) is 1.58. The number of carbonyl (C=O) groups excluding carboxylic acids is 1. The molecule has 1 aromatic heterocycles. The number of anilines is 1. The molecule has 29 heavy (non-hydrogen) atoms. The Morgan fingerprint density at radius 3 is 2.28 bits per heavy atom. The van der Waals surface area contributed by atoms with Crippen molar-refractivity contribution in [2.75, 3.05) is 26.6 Å². The molecule has 0 fully saturated rings. The molecule has 1 amide bonds. The van der Waals surface area contributed by atoms with Crippen LogP contribution in [-0.4, -0.2) is 31.8 Å². The quantitative estimate of drug-likeness (QED) is 0.614. The highest BCUT2D eigenvalue weighted by atomic mass is 35.5. The van der Waals surface area contributed by atoms with Gasteiger partial charge in [0.05, 0.1) is 38.3 Å². The molecular weight excluding hydrogens is 392 g/mol. The molecule has 0 saturated carbocycles. The van der Waals surface area contributed by atoms with E-state index in [-0.39, 0.29) is 5.91 Å². The number of hydrogen-bond acceptors (Lipinski definition) is 4. The van der Waals surface area contributed by atoms with Crippen LogP contribution in [-0.2, 0) is 0 Å². The first-order valence-electron chi connectivity index (χ1n) is 8.95. The molecule has 7 heteroatoms. The van der Waals surface area contributed by atoms with Crippen LogP contribution in [0.4, 0.5) is 5.69 Å². The van der Waals surface area contributed by atoms with Crippen LogP contribution in [0.3, 0.4) is 0 Å². The summed E-state index contributed by atoms with van der Waals surface area (Å²) in [6, 6.07) is 12.4. The van der Waals surface area contributed by atoms with Gasteiger partial charge in [-0.15, -0.1) is 0 Å². The van der Waals surface area contributed by atoms with E-state index in [1.807, 2.05) is 30.5 Å². The standard InChI is InChI=1S/C22H23ClN2O4/c1-13-10-17(14(2)25(13)19-11-15(23)6-8-21(19)29-5)22(26)24-18-12-16(27-3)7-9-20(18)28-4/h6-12H,1-5H3,(H,24,26). The van der Waals surface area contributed by atoms with E-state index in [0.717, 1.165) is 17.1 Å². The number of nitrogens with one attached hydrogen (secondary N) is 1. The first kappa shape index (κ1) is 20.6. The maximum Gasteiger partial charge on any atom is 0.257 e. The van der Waals surface area contributed by atoms with Gasteiger partial charge in [0.15, 0.2) is 0 Å². The van der Waals surface area contributed by atoms with Gasteiger partial charge in [0.25, 0.3) is 5.91 Å². The zero-order valence-electron chi connectivity index (χ0n) is 17.0. The molecule has 0 aliphatic carbocycles. The Kier molecular flexibility index (Phi) is 6.03. The zero-order chi connectivity index (χ0) is 21.1. The van der Waals surface area contributed by atoms with E-state index in [1.54, 1.807) is 51.7 Å². The van der Waals surface area contributed by atoms with Gasteiger partial charge in [0.1, 0.15) is 17.2 Å². The van der Waals surface area contributed by atoms with E-state index in [1.165, 1.54) is 0 Å². The minimum absolute atomic E-state index is 0.253. The molecule has 152 valence electrons. The fourth-order valence-corrected chi connectivity index (χ4v) is 3.47. The molecule has 2 aromatic carbocycles. The molecule has 0 unspecified atom stereocenters. The average Bonchev–Trinajstić information content (AvgIpc) is 3.01. The number of aryl methyl sites for hydroxylation is 1. The van der Waals surface area contributed by atoms with Crippen LogP contribution in [0.2, 0.25) is 5.02 Å². The van der Waals surface area contributed by atoms with Crippen LogP contribution in [0.5, 0.6) is 17.2 Å². The molecule has 1 heterocycles. The lowest BCUT2D eigenvalue weighted by atomic mass is 10.2. The second-order valence-electron chi connectivity index (χ2n) is 6.46. The maximum atomic E-state index is 13.0. The summed E-state index contributed by atoms with van der Waals surface area (Å²) in [7, 11) is 4.72. The number of hydrogen-bond donors (Lipinski definition) is 1. The summed E-state index contributed by atoms with van der Waals surface area (Å²) in [4.78, 5) is 13.0. The number of benzene rings is 2. The van der Waals surface area contributed by atoms with Gasteiger partial charge in [-0.1, -0.05) is 11.6 Å². The molecule has 0 spiro atoms. The van der Waals surface area contributed by atoms with E-state index in [9.17, 15) is 4.79 Å². The number of amides is 1. The third-order valence-electron chi connectivity index (χ3n) is 4.71. The third kappa shape index (κ3) is 4.03. The van der Waals surface area contributed by atoms with E-state index in [0.29, 0.717) is 33.5 Å². The smallest absolute Gasteiger partial charge is 0.257 e. The molecule has 0 aliphatic heterocycles. The van der Waals surface area contributed by atoms with Gasteiger partial charge >= 0.3 is 0 Å². The molecule has 3 rings (SSSR count). The first-order valence-corrected chi connectivity index (χ1v) is 9.33. The van der Waals surface area contributed by atoms with Crippen molar-refractivity contribution < 1.29 is 19.0 Å². The Morgan fingerprint density at radius 1 is 0.931 bits per heavy atom. The minimum Gasteiger partial charge on any atom is -0.497 e. The van der Waals surface area contributed by atoms with Gasteiger partial charge in [-0.05, 0) is 50.2 Å². The molecule has 0 saturated heterocycles. The summed E-state index contributed by atoms with van der Waals surface area (Å²) in [6.07, 6.45) is 0. The Hall–Kier alpha value is -3.12. The topological polar surface area (TPSA) is 61.7 Å². The summed E-state index contributed by atoms with van der Waals surface area (Å²) in [5.41, 5.74) is 3.48. The van der Waals surface area contributed by atoms with Crippen LogP contribution in [0, 0.1) is 13.8 Å². The normalized spacial score (nSPS) is 10.6. The zero-order valence-corrected chi connectivity index (χ0v) is 17.8. The van der Waals surface area contributed by atoms with Gasteiger partial charge in [-0.25, -0.2) is 0 Å². The van der Waals surface area contributed by atoms with Crippen LogP contribution in [0.25, 0.3) is 5.69 Å². The molecule has 0 radical (unpaired) electrons. The van der Waals surface area contributed by atoms with Gasteiger partial charge in [0.2, 0.25) is 0 Å². The van der Waals surface area contributed by atoms with Crippen molar-refractivity contribution in [2.45, 2.75) is 13.8 Å². The average molecular weight is 415 g/mol. The highest BCUT2D eigenvalue weighted by Crippen LogP contribution is 2.32. The molecule has 6 nitrogen and oxygen atoms in total. The number of aromatic nitrogens is 1. The third-order valence-corrected chi connectivity index (χ3v) is 4.95. The Morgan fingerprint density at radius 2 is 1.62 bits per heavy atom. The van der Waals surface area contributed by atoms with Gasteiger partial charge in [-0.3, -0.25) is 4.79 Å².